The van der Waals surface area contributed by atoms with E-state index in [2.05, 4.69) is 15.9 Å². The van der Waals surface area contributed by atoms with Crippen LogP contribution in [0.25, 0.3) is 0 Å². The second-order valence-electron chi connectivity index (χ2n) is 4.93. The van der Waals surface area contributed by atoms with Crippen molar-refractivity contribution < 1.29 is 13.9 Å². The maximum atomic E-state index is 13.7. The second-order valence-corrected chi connectivity index (χ2v) is 5.72. The lowest BCUT2D eigenvalue weighted by atomic mass is 9.94. The van der Waals surface area contributed by atoms with Gasteiger partial charge >= 0.3 is 6.09 Å². The Morgan fingerprint density at radius 3 is 2.47 bits per heavy atom. The van der Waals surface area contributed by atoms with Gasteiger partial charge in [-0.3, -0.25) is 0 Å². The molecule has 0 spiro atoms. The molecule has 0 saturated carbocycles. The summed E-state index contributed by atoms with van der Waals surface area (Å²) in [7, 11) is 0. The van der Waals surface area contributed by atoms with Crippen LogP contribution in [0, 0.1) is 0 Å². The fourth-order valence-corrected chi connectivity index (χ4v) is 2.13. The van der Waals surface area contributed by atoms with Gasteiger partial charge in [0.2, 0.25) is 0 Å². The minimum atomic E-state index is -1.22. The maximum Gasteiger partial charge on any atom is 0.410 e. The number of amides is 1. The van der Waals surface area contributed by atoms with E-state index in [0.717, 1.165) is 0 Å². The van der Waals surface area contributed by atoms with Gasteiger partial charge in [0.1, 0.15) is 11.3 Å². The summed E-state index contributed by atoms with van der Waals surface area (Å²) >= 11 is 3.19. The number of rotatable bonds is 2. The molecule has 0 aliphatic carbocycles. The molecule has 1 saturated heterocycles. The van der Waals surface area contributed by atoms with E-state index in [1.54, 1.807) is 20.8 Å². The molecule has 1 heterocycles. The van der Waals surface area contributed by atoms with Crippen LogP contribution in [0.2, 0.25) is 0 Å². The lowest BCUT2D eigenvalue weighted by Crippen LogP contribution is -2.61. The van der Waals surface area contributed by atoms with Crippen molar-refractivity contribution in [3.05, 3.63) is 0 Å². The van der Waals surface area contributed by atoms with Gasteiger partial charge in [0, 0.05) is 5.33 Å². The van der Waals surface area contributed by atoms with Crippen LogP contribution in [0.15, 0.2) is 0 Å². The van der Waals surface area contributed by atoms with Gasteiger partial charge in [-0.1, -0.05) is 15.9 Å². The van der Waals surface area contributed by atoms with Gasteiger partial charge in [-0.25, -0.2) is 9.18 Å². The summed E-state index contributed by atoms with van der Waals surface area (Å²) in [5, 5.41) is 0.617. The Balaban J connectivity index is 2.35. The van der Waals surface area contributed by atoms with Crippen molar-refractivity contribution in [1.82, 2.24) is 4.90 Å². The largest absolute Gasteiger partial charge is 0.444 e. The van der Waals surface area contributed by atoms with E-state index in [9.17, 15) is 9.18 Å². The number of carbonyl (C=O) groups excluding carboxylic acids is 1. The van der Waals surface area contributed by atoms with Gasteiger partial charge in [0.05, 0.1) is 13.1 Å². The first-order valence-corrected chi connectivity index (χ1v) is 6.11. The number of ether oxygens (including phenoxy) is 1. The van der Waals surface area contributed by atoms with Crippen molar-refractivity contribution >= 4 is 22.0 Å². The van der Waals surface area contributed by atoms with Crippen LogP contribution in [0.3, 0.4) is 0 Å². The number of hydrogen-bond donors (Lipinski definition) is 0. The molecule has 0 unspecified atom stereocenters. The first-order chi connectivity index (χ1) is 6.76. The van der Waals surface area contributed by atoms with Gasteiger partial charge in [-0.05, 0) is 27.2 Å². The molecule has 0 atom stereocenters. The number of halogens is 2. The molecule has 0 aromatic carbocycles. The van der Waals surface area contributed by atoms with E-state index in [4.69, 9.17) is 4.74 Å². The van der Waals surface area contributed by atoms with Crippen molar-refractivity contribution in [2.45, 2.75) is 38.5 Å². The van der Waals surface area contributed by atoms with Gasteiger partial charge < -0.3 is 9.64 Å². The molecular formula is C10H17BrFNO2. The quantitative estimate of drug-likeness (QED) is 0.729. The molecule has 15 heavy (non-hydrogen) atoms. The molecule has 3 nitrogen and oxygen atoms in total. The van der Waals surface area contributed by atoms with Crippen molar-refractivity contribution in [3.8, 4) is 0 Å². The maximum absolute atomic E-state index is 13.7. The highest BCUT2D eigenvalue weighted by Crippen LogP contribution is 2.30. The minimum absolute atomic E-state index is 0.146. The minimum Gasteiger partial charge on any atom is -0.444 e. The van der Waals surface area contributed by atoms with E-state index < -0.39 is 17.4 Å². The molecule has 1 fully saturated rings. The van der Waals surface area contributed by atoms with Crippen LogP contribution >= 0.6 is 15.9 Å². The third-order valence-electron chi connectivity index (χ3n) is 2.14. The molecular weight excluding hydrogens is 265 g/mol. The highest BCUT2D eigenvalue weighted by Gasteiger charge is 2.46. The molecule has 0 bridgehead atoms. The molecule has 88 valence electrons. The molecule has 0 aromatic heterocycles. The van der Waals surface area contributed by atoms with Gasteiger partial charge in [0.25, 0.3) is 0 Å². The zero-order chi connectivity index (χ0) is 11.7. The van der Waals surface area contributed by atoms with E-state index >= 15 is 0 Å². The predicted octanol–water partition coefficient (Wildman–Crippen LogP) is 2.73. The molecule has 0 radical (unpaired) electrons. The fraction of sp³-hybridized carbons (Fsp3) is 0.900. The fourth-order valence-electron chi connectivity index (χ4n) is 1.42. The van der Waals surface area contributed by atoms with Crippen LogP contribution in [0.5, 0.6) is 0 Å². The van der Waals surface area contributed by atoms with E-state index in [1.165, 1.54) is 4.90 Å². The summed E-state index contributed by atoms with van der Waals surface area (Å²) in [6.45, 7) is 5.69. The third kappa shape index (κ3) is 3.63. The zero-order valence-corrected chi connectivity index (χ0v) is 10.9. The molecule has 1 aliphatic rings. The first-order valence-electron chi connectivity index (χ1n) is 4.99. The highest BCUT2D eigenvalue weighted by atomic mass is 79.9. The molecule has 1 amide bonds. The summed E-state index contributed by atoms with van der Waals surface area (Å²) in [5.74, 6) is 0. The van der Waals surface area contributed by atoms with Gasteiger partial charge in [-0.2, -0.15) is 0 Å². The van der Waals surface area contributed by atoms with Gasteiger partial charge in [-0.15, -0.1) is 0 Å². The number of carbonyl (C=O) groups is 1. The monoisotopic (exact) mass is 281 g/mol. The average Bonchev–Trinajstić information content (AvgIpc) is 1.96. The van der Waals surface area contributed by atoms with Gasteiger partial charge in [0.15, 0.2) is 0 Å². The Labute approximate surface area is 98.1 Å². The molecule has 0 aromatic rings. The van der Waals surface area contributed by atoms with Crippen molar-refractivity contribution in [1.29, 1.82) is 0 Å². The Morgan fingerprint density at radius 2 is 2.07 bits per heavy atom. The van der Waals surface area contributed by atoms with Crippen LogP contribution < -0.4 is 0 Å². The summed E-state index contributed by atoms with van der Waals surface area (Å²) in [5.41, 5.74) is -1.73. The number of nitrogens with zero attached hydrogens (tertiary/aromatic N) is 1. The van der Waals surface area contributed by atoms with E-state index in [1.807, 2.05) is 0 Å². The number of alkyl halides is 2. The molecule has 5 heteroatoms. The summed E-state index contributed by atoms with van der Waals surface area (Å²) in [6.07, 6.45) is 0.0112. The van der Waals surface area contributed by atoms with Crippen molar-refractivity contribution in [3.63, 3.8) is 0 Å². The predicted molar refractivity (Wildman–Crippen MR) is 60.1 cm³/mol. The normalized spacial score (nSPS) is 19.7. The Morgan fingerprint density at radius 1 is 1.53 bits per heavy atom. The summed E-state index contributed by atoms with van der Waals surface area (Å²) in [4.78, 5) is 12.9. The SMILES string of the molecule is CC(C)(C)OC(=O)N1CC(F)(CCBr)C1. The lowest BCUT2D eigenvalue weighted by Gasteiger charge is -2.44. The average molecular weight is 282 g/mol. The summed E-state index contributed by atoms with van der Waals surface area (Å²) < 4.78 is 18.8. The molecule has 0 N–H and O–H groups in total. The molecule has 1 aliphatic heterocycles. The van der Waals surface area contributed by atoms with Crippen molar-refractivity contribution in [2.24, 2.45) is 0 Å². The third-order valence-corrected chi connectivity index (χ3v) is 2.54. The van der Waals surface area contributed by atoms with Crippen LogP contribution in [0.1, 0.15) is 27.2 Å². The van der Waals surface area contributed by atoms with E-state index in [-0.39, 0.29) is 13.1 Å². The smallest absolute Gasteiger partial charge is 0.410 e. The topological polar surface area (TPSA) is 29.5 Å². The number of likely N-dealkylation sites (tertiary alicyclic amines) is 1. The Kier molecular flexibility index (Phi) is 3.63. The highest BCUT2D eigenvalue weighted by molar-refractivity contribution is 9.09. The first kappa shape index (κ1) is 12.7. The van der Waals surface area contributed by atoms with Crippen LogP contribution in [-0.4, -0.2) is 40.7 Å². The molecule has 1 rings (SSSR count). The van der Waals surface area contributed by atoms with Crippen molar-refractivity contribution in [2.75, 3.05) is 18.4 Å². The summed E-state index contributed by atoms with van der Waals surface area (Å²) in [6, 6.07) is 0. The second kappa shape index (κ2) is 4.28. The van der Waals surface area contributed by atoms with Crippen LogP contribution in [0.4, 0.5) is 9.18 Å². The van der Waals surface area contributed by atoms with E-state index in [0.29, 0.717) is 11.8 Å². The standard InChI is InChI=1S/C10H17BrFNO2/c1-9(2,3)15-8(14)13-6-10(12,7-13)4-5-11/h4-7H2,1-3H3. The lowest BCUT2D eigenvalue weighted by molar-refractivity contribution is -0.0514. The Bertz CT molecular complexity index is 246. The zero-order valence-electron chi connectivity index (χ0n) is 9.35. The van der Waals surface area contributed by atoms with Crippen LogP contribution in [-0.2, 0) is 4.74 Å². The Hall–Kier alpha value is -0.320. The number of hydrogen-bond acceptors (Lipinski definition) is 2.